The second kappa shape index (κ2) is 5.58. The first-order valence-corrected chi connectivity index (χ1v) is 6.74. The lowest BCUT2D eigenvalue weighted by atomic mass is 9.97. The monoisotopic (exact) mass is 276 g/mol. The van der Waals surface area contributed by atoms with Crippen molar-refractivity contribution in [3.8, 4) is 0 Å². The van der Waals surface area contributed by atoms with Crippen molar-refractivity contribution < 1.29 is 9.90 Å². The quantitative estimate of drug-likeness (QED) is 0.772. The summed E-state index contributed by atoms with van der Waals surface area (Å²) in [5.74, 6) is 0.247. The normalized spacial score (nSPS) is 14.2. The Bertz CT molecular complexity index is 623. The predicted molar refractivity (Wildman–Crippen MR) is 76.5 cm³/mol. The Balaban J connectivity index is 2.34. The fourth-order valence-corrected chi connectivity index (χ4v) is 2.29. The van der Waals surface area contributed by atoms with Gasteiger partial charge in [-0.3, -0.25) is 4.79 Å². The number of nitrogens with zero attached hydrogens (tertiary/aromatic N) is 2. The van der Waals surface area contributed by atoms with Gasteiger partial charge in [0, 0.05) is 6.20 Å². The number of carbonyl (C=O) groups excluding carboxylic acids is 1. The van der Waals surface area contributed by atoms with Gasteiger partial charge in [0.05, 0.1) is 17.5 Å². The molecule has 2 heterocycles. The fourth-order valence-electron chi connectivity index (χ4n) is 2.29. The number of aromatic nitrogens is 3. The van der Waals surface area contributed by atoms with E-state index in [9.17, 15) is 9.90 Å². The van der Waals surface area contributed by atoms with Crippen LogP contribution in [0.15, 0.2) is 12.3 Å². The minimum atomic E-state index is -0.632. The molecule has 2 aromatic rings. The van der Waals surface area contributed by atoms with Crippen molar-refractivity contribution in [3.63, 3.8) is 0 Å². The van der Waals surface area contributed by atoms with E-state index in [1.807, 2.05) is 13.8 Å². The number of aliphatic hydroxyl groups is 1. The van der Waals surface area contributed by atoms with Gasteiger partial charge in [0.15, 0.2) is 0 Å². The van der Waals surface area contributed by atoms with Crippen molar-refractivity contribution in [1.82, 2.24) is 20.3 Å². The number of rotatable bonds is 5. The number of aryl methyl sites for hydroxylation is 1. The molecule has 0 fully saturated rings. The topological polar surface area (TPSA) is 90.9 Å². The Morgan fingerprint density at radius 2 is 2.25 bits per heavy atom. The first kappa shape index (κ1) is 14.5. The van der Waals surface area contributed by atoms with Gasteiger partial charge in [-0.2, -0.15) is 0 Å². The van der Waals surface area contributed by atoms with Crippen LogP contribution in [-0.2, 0) is 0 Å². The third-order valence-corrected chi connectivity index (χ3v) is 3.31. The van der Waals surface area contributed by atoms with Crippen LogP contribution in [0.5, 0.6) is 0 Å². The van der Waals surface area contributed by atoms with Gasteiger partial charge >= 0.3 is 0 Å². The van der Waals surface area contributed by atoms with Crippen LogP contribution in [0.4, 0.5) is 0 Å². The van der Waals surface area contributed by atoms with E-state index >= 15 is 0 Å². The lowest BCUT2D eigenvalue weighted by Gasteiger charge is -2.28. The Morgan fingerprint density at radius 3 is 2.90 bits per heavy atom. The van der Waals surface area contributed by atoms with E-state index in [2.05, 4.69) is 20.3 Å². The van der Waals surface area contributed by atoms with E-state index in [1.54, 1.807) is 19.2 Å². The number of aliphatic hydroxyl groups excluding tert-OH is 1. The maximum absolute atomic E-state index is 12.4. The summed E-state index contributed by atoms with van der Waals surface area (Å²) in [6.07, 6.45) is 3.31. The highest BCUT2D eigenvalue weighted by molar-refractivity contribution is 6.03. The molecule has 0 saturated heterocycles. The van der Waals surface area contributed by atoms with E-state index in [0.29, 0.717) is 29.0 Å². The fraction of sp³-hybridized carbons (Fsp3) is 0.500. The molecule has 0 aliphatic rings. The minimum absolute atomic E-state index is 0.104. The number of fused-ring (bicyclic) bond motifs is 1. The number of amides is 1. The standard InChI is InChI=1S/C14H20N4O2/c1-4-6-14(3,8-19)18-13(20)11-10-5-7-15-12(10)17-9(2)16-11/h5,7,19H,4,6,8H2,1-3H3,(H,18,20)(H,15,16,17). The predicted octanol–water partition coefficient (Wildman–Crippen LogP) is 1.55. The van der Waals surface area contributed by atoms with Crippen LogP contribution in [0.25, 0.3) is 11.0 Å². The second-order valence-electron chi connectivity index (χ2n) is 5.28. The Morgan fingerprint density at radius 1 is 1.50 bits per heavy atom. The zero-order valence-corrected chi connectivity index (χ0v) is 12.0. The summed E-state index contributed by atoms with van der Waals surface area (Å²) in [6.45, 7) is 5.48. The molecule has 2 rings (SSSR count). The third-order valence-electron chi connectivity index (χ3n) is 3.31. The average molecular weight is 276 g/mol. The summed E-state index contributed by atoms with van der Waals surface area (Å²) in [7, 11) is 0. The van der Waals surface area contributed by atoms with Gasteiger partial charge in [0.25, 0.3) is 5.91 Å². The third kappa shape index (κ3) is 2.80. The van der Waals surface area contributed by atoms with E-state index in [4.69, 9.17) is 0 Å². The molecule has 1 unspecified atom stereocenters. The number of nitrogens with one attached hydrogen (secondary N) is 2. The Hall–Kier alpha value is -1.95. The van der Waals surface area contributed by atoms with Gasteiger partial charge in [0.1, 0.15) is 17.2 Å². The number of carbonyl (C=O) groups is 1. The first-order chi connectivity index (χ1) is 9.49. The number of hydrogen-bond acceptors (Lipinski definition) is 4. The van der Waals surface area contributed by atoms with Gasteiger partial charge in [-0.05, 0) is 26.3 Å². The van der Waals surface area contributed by atoms with Crippen molar-refractivity contribution in [1.29, 1.82) is 0 Å². The molecule has 6 nitrogen and oxygen atoms in total. The van der Waals surface area contributed by atoms with E-state index < -0.39 is 5.54 Å². The molecule has 108 valence electrons. The van der Waals surface area contributed by atoms with Crippen LogP contribution in [0.2, 0.25) is 0 Å². The molecular weight excluding hydrogens is 256 g/mol. The molecule has 0 radical (unpaired) electrons. The van der Waals surface area contributed by atoms with Crippen LogP contribution in [0.3, 0.4) is 0 Å². The van der Waals surface area contributed by atoms with Crippen LogP contribution in [0.1, 0.15) is 43.0 Å². The van der Waals surface area contributed by atoms with Crippen LogP contribution in [0, 0.1) is 6.92 Å². The number of hydrogen-bond donors (Lipinski definition) is 3. The summed E-state index contributed by atoms with van der Waals surface area (Å²) < 4.78 is 0. The summed E-state index contributed by atoms with van der Waals surface area (Å²) in [6, 6.07) is 1.78. The molecule has 1 amide bonds. The highest BCUT2D eigenvalue weighted by Gasteiger charge is 2.26. The molecule has 1 atom stereocenters. The summed E-state index contributed by atoms with van der Waals surface area (Å²) in [5, 5.41) is 13.0. The van der Waals surface area contributed by atoms with Crippen molar-refractivity contribution in [2.45, 2.75) is 39.2 Å². The molecule has 0 aliphatic heterocycles. The number of aromatic amines is 1. The molecule has 20 heavy (non-hydrogen) atoms. The highest BCUT2D eigenvalue weighted by Crippen LogP contribution is 2.17. The highest BCUT2D eigenvalue weighted by atomic mass is 16.3. The van der Waals surface area contributed by atoms with E-state index in [0.717, 1.165) is 6.42 Å². The molecule has 6 heteroatoms. The lowest BCUT2D eigenvalue weighted by molar-refractivity contribution is 0.0837. The zero-order chi connectivity index (χ0) is 14.8. The van der Waals surface area contributed by atoms with Gasteiger partial charge in [-0.15, -0.1) is 0 Å². The van der Waals surface area contributed by atoms with Crippen LogP contribution < -0.4 is 5.32 Å². The molecule has 0 saturated carbocycles. The van der Waals surface area contributed by atoms with Crippen molar-refractivity contribution in [2.75, 3.05) is 6.61 Å². The maximum Gasteiger partial charge on any atom is 0.271 e. The van der Waals surface area contributed by atoms with Gasteiger partial charge < -0.3 is 15.4 Å². The van der Waals surface area contributed by atoms with E-state index in [1.165, 1.54) is 0 Å². The molecule has 0 aromatic carbocycles. The molecule has 3 N–H and O–H groups in total. The van der Waals surface area contributed by atoms with Crippen molar-refractivity contribution in [2.24, 2.45) is 0 Å². The smallest absolute Gasteiger partial charge is 0.271 e. The molecule has 0 spiro atoms. The van der Waals surface area contributed by atoms with Gasteiger partial charge in [-0.25, -0.2) is 9.97 Å². The zero-order valence-electron chi connectivity index (χ0n) is 12.0. The summed E-state index contributed by atoms with van der Waals surface area (Å²) in [5.41, 5.74) is 0.348. The van der Waals surface area contributed by atoms with E-state index in [-0.39, 0.29) is 12.5 Å². The first-order valence-electron chi connectivity index (χ1n) is 6.74. The van der Waals surface area contributed by atoms with Crippen molar-refractivity contribution in [3.05, 3.63) is 23.8 Å². The molecular formula is C14H20N4O2. The Labute approximate surface area is 117 Å². The lowest BCUT2D eigenvalue weighted by Crippen LogP contribution is -2.49. The SMILES string of the molecule is CCCC(C)(CO)NC(=O)c1nc(C)nc2[nH]ccc12. The maximum atomic E-state index is 12.4. The molecule has 0 aliphatic carbocycles. The second-order valence-corrected chi connectivity index (χ2v) is 5.28. The summed E-state index contributed by atoms with van der Waals surface area (Å²) >= 11 is 0. The molecule has 0 bridgehead atoms. The summed E-state index contributed by atoms with van der Waals surface area (Å²) in [4.78, 5) is 23.9. The minimum Gasteiger partial charge on any atom is -0.394 e. The van der Waals surface area contributed by atoms with Crippen LogP contribution in [-0.4, -0.2) is 38.1 Å². The average Bonchev–Trinajstić information content (AvgIpc) is 2.85. The number of H-pyrrole nitrogens is 1. The Kier molecular flexibility index (Phi) is 4.04. The largest absolute Gasteiger partial charge is 0.394 e. The van der Waals surface area contributed by atoms with Gasteiger partial charge in [-0.1, -0.05) is 13.3 Å². The van der Waals surface area contributed by atoms with Crippen LogP contribution >= 0.6 is 0 Å². The van der Waals surface area contributed by atoms with Crippen molar-refractivity contribution >= 4 is 16.9 Å². The molecule has 2 aromatic heterocycles. The van der Waals surface area contributed by atoms with Gasteiger partial charge in [0.2, 0.25) is 0 Å².